The van der Waals surface area contributed by atoms with Gasteiger partial charge in [-0.15, -0.1) is 5.60 Å². The first-order valence-electron chi connectivity index (χ1n) is 13.8. The van der Waals surface area contributed by atoms with E-state index in [-0.39, 0.29) is 69.4 Å². The van der Waals surface area contributed by atoms with Crippen LogP contribution in [0.5, 0.6) is 0 Å². The molecule has 6 aromatic rings. The number of benzene rings is 2. The first kappa shape index (κ1) is 44.1. The average Bonchev–Trinajstić information content (AvgIpc) is 3.75. The van der Waals surface area contributed by atoms with Gasteiger partial charge in [0.25, 0.3) is 0 Å². The number of nitrogens with one attached hydrogen (secondary N) is 1. The third kappa shape index (κ3) is 17.5. The number of halogens is 5. The number of ether oxygens (including phenoxy) is 1. The molecule has 47 heavy (non-hydrogen) atoms. The van der Waals surface area contributed by atoms with Gasteiger partial charge in [-0.3, -0.25) is 0 Å². The number of aromatic nitrogens is 6. The van der Waals surface area contributed by atoms with E-state index in [1.54, 1.807) is 33.0 Å². The fraction of sp³-hybridized carbons (Fsp3) is 0.273. The van der Waals surface area contributed by atoms with Gasteiger partial charge in [-0.25, -0.2) is 15.0 Å². The number of fused-ring (bicyclic) bond motifs is 2. The third-order valence-corrected chi connectivity index (χ3v) is 7.01. The Morgan fingerprint density at radius 2 is 1.38 bits per heavy atom. The number of aromatic amines is 1. The minimum absolute atomic E-state index is 0. The SMILES string of the molecule is Brc1ccc2cc[nH]c2c1.C.C1CCOC1.CC(C)(C)[O-].Clc1ccnc(Cl)n1.Clc1nccc(-n2ccc3ccc(Br)cc32)n1.[K+]. The van der Waals surface area contributed by atoms with Crippen LogP contribution in [0.25, 0.3) is 27.6 Å². The maximum absolute atomic E-state index is 10.1. The molecule has 7 rings (SSSR count). The van der Waals surface area contributed by atoms with Crippen LogP contribution >= 0.6 is 66.7 Å². The van der Waals surface area contributed by atoms with Crippen molar-refractivity contribution in [1.82, 2.24) is 29.5 Å². The Kier molecular flexibility index (Phi) is 21.3. The maximum atomic E-state index is 10.1. The van der Waals surface area contributed by atoms with E-state index in [0.717, 1.165) is 38.9 Å². The Balaban J connectivity index is 0.000000317. The van der Waals surface area contributed by atoms with Crippen LogP contribution in [0.2, 0.25) is 15.7 Å². The van der Waals surface area contributed by atoms with Crippen LogP contribution in [0.1, 0.15) is 41.0 Å². The largest absolute Gasteiger partial charge is 1.00 e. The zero-order valence-electron chi connectivity index (χ0n) is 25.9. The fourth-order valence-corrected chi connectivity index (χ4v) is 4.79. The summed E-state index contributed by atoms with van der Waals surface area (Å²) in [6.45, 7) is 6.90. The van der Waals surface area contributed by atoms with Crippen LogP contribution in [0.15, 0.2) is 94.4 Å². The minimum atomic E-state index is -0.750. The van der Waals surface area contributed by atoms with Crippen LogP contribution in [-0.4, -0.2) is 48.3 Å². The van der Waals surface area contributed by atoms with Crippen LogP contribution < -0.4 is 56.5 Å². The Morgan fingerprint density at radius 1 is 0.809 bits per heavy atom. The van der Waals surface area contributed by atoms with Gasteiger partial charge >= 0.3 is 51.4 Å². The van der Waals surface area contributed by atoms with E-state index >= 15 is 0 Å². The molecule has 0 atom stereocenters. The van der Waals surface area contributed by atoms with Gasteiger partial charge in [0.1, 0.15) is 11.0 Å². The molecule has 5 heterocycles. The smallest absolute Gasteiger partial charge is 0.850 e. The van der Waals surface area contributed by atoms with Gasteiger partial charge in [-0.1, -0.05) is 83.8 Å². The van der Waals surface area contributed by atoms with E-state index in [4.69, 9.17) is 39.5 Å². The van der Waals surface area contributed by atoms with Crippen molar-refractivity contribution in [2.45, 2.75) is 46.6 Å². The molecule has 0 bridgehead atoms. The summed E-state index contributed by atoms with van der Waals surface area (Å²) in [4.78, 5) is 18.4. The van der Waals surface area contributed by atoms with Crippen LogP contribution in [-0.2, 0) is 4.74 Å². The van der Waals surface area contributed by atoms with Gasteiger partial charge in [-0.2, -0.15) is 4.98 Å². The number of rotatable bonds is 1. The normalized spacial score (nSPS) is 11.6. The van der Waals surface area contributed by atoms with Gasteiger partial charge in [0.05, 0.1) is 5.52 Å². The summed E-state index contributed by atoms with van der Waals surface area (Å²) in [7, 11) is 0. The molecule has 1 aliphatic rings. The molecule has 1 saturated heterocycles. The van der Waals surface area contributed by atoms with Crippen LogP contribution in [0.4, 0.5) is 0 Å². The Hall–Kier alpha value is -0.934. The van der Waals surface area contributed by atoms with Crippen molar-refractivity contribution in [2.75, 3.05) is 13.2 Å². The van der Waals surface area contributed by atoms with Crippen molar-refractivity contribution in [2.24, 2.45) is 0 Å². The predicted octanol–water partition coefficient (Wildman–Crippen LogP) is 7.13. The first-order valence-corrected chi connectivity index (χ1v) is 16.5. The molecule has 0 spiro atoms. The van der Waals surface area contributed by atoms with E-state index in [1.807, 2.05) is 47.3 Å². The molecule has 1 N–H and O–H groups in total. The number of hydrogen-bond donors (Lipinski definition) is 1. The molecule has 0 radical (unpaired) electrons. The molecule has 0 unspecified atom stereocenters. The monoisotopic (exact) mass is 850 g/mol. The molecule has 1 aliphatic heterocycles. The minimum Gasteiger partial charge on any atom is -0.850 e. The van der Waals surface area contributed by atoms with Gasteiger partial charge < -0.3 is 19.4 Å². The van der Waals surface area contributed by atoms with E-state index < -0.39 is 5.60 Å². The number of nitrogens with zero attached hydrogens (tertiary/aromatic N) is 5. The van der Waals surface area contributed by atoms with Gasteiger partial charge in [0, 0.05) is 57.8 Å². The maximum Gasteiger partial charge on any atom is 1.00 e. The second-order valence-electron chi connectivity index (χ2n) is 10.4. The fourth-order valence-electron chi connectivity index (χ4n) is 3.61. The van der Waals surface area contributed by atoms with E-state index in [1.165, 1.54) is 29.9 Å². The standard InChI is InChI=1S/C12H7BrClN3.C8H6BrN.C4H2Cl2N2.C4H8O.C4H9O.CH4.K/c13-9-2-1-8-4-6-17(10(8)7-9)11-3-5-15-12(14)16-11;9-7-2-1-6-3-4-10-8(6)5-7;5-3-1-2-7-4(6)8-3;1-2-4-5-3-1;1-4(2,3)5;;/h1-7H;1-5,10H;1-2H;1-4H2;1-3H3;1H4;/q;;;;-1;;+1. The Labute approximate surface area is 350 Å². The molecule has 14 heteroatoms. The van der Waals surface area contributed by atoms with Crippen LogP contribution in [0.3, 0.4) is 0 Å². The van der Waals surface area contributed by atoms with Crippen molar-refractivity contribution in [3.8, 4) is 5.82 Å². The van der Waals surface area contributed by atoms with E-state index in [2.05, 4.69) is 81.0 Å². The van der Waals surface area contributed by atoms with E-state index in [0.29, 0.717) is 5.15 Å². The third-order valence-electron chi connectivity index (χ3n) is 5.45. The molecule has 0 amide bonds. The summed E-state index contributed by atoms with van der Waals surface area (Å²) >= 11 is 23.4. The van der Waals surface area contributed by atoms with Crippen LogP contribution in [0, 0.1) is 0 Å². The molecule has 2 aromatic carbocycles. The zero-order chi connectivity index (χ0) is 32.8. The quantitative estimate of drug-likeness (QED) is 0.107. The average molecular weight is 854 g/mol. The summed E-state index contributed by atoms with van der Waals surface area (Å²) in [6.07, 6.45) is 9.61. The summed E-state index contributed by atoms with van der Waals surface area (Å²) in [6, 6.07) is 19.8. The summed E-state index contributed by atoms with van der Waals surface area (Å²) in [5.41, 5.74) is 1.50. The van der Waals surface area contributed by atoms with Crippen molar-refractivity contribution >= 4 is 88.5 Å². The van der Waals surface area contributed by atoms with Gasteiger partial charge in [-0.05, 0) is 90.0 Å². The topological polar surface area (TPSA) is 105 Å². The number of hydrogen-bond acceptors (Lipinski definition) is 6. The van der Waals surface area contributed by atoms with Crippen molar-refractivity contribution < 1.29 is 61.2 Å². The molecule has 0 saturated carbocycles. The molecule has 8 nitrogen and oxygen atoms in total. The summed E-state index contributed by atoms with van der Waals surface area (Å²) in [5.74, 6) is 0.762. The summed E-state index contributed by atoms with van der Waals surface area (Å²) < 4.78 is 9.07. The zero-order valence-corrected chi connectivity index (χ0v) is 34.4. The van der Waals surface area contributed by atoms with Gasteiger partial charge in [0.2, 0.25) is 10.6 Å². The van der Waals surface area contributed by atoms with E-state index in [9.17, 15) is 5.11 Å². The molecular formula is C33H36Br2Cl3KN6O2. The van der Waals surface area contributed by atoms with Crippen molar-refractivity contribution in [3.63, 3.8) is 0 Å². The molecular weight excluding hydrogens is 818 g/mol. The predicted molar refractivity (Wildman–Crippen MR) is 196 cm³/mol. The van der Waals surface area contributed by atoms with Crippen molar-refractivity contribution in [1.29, 1.82) is 0 Å². The molecule has 0 aliphatic carbocycles. The van der Waals surface area contributed by atoms with Crippen molar-refractivity contribution in [3.05, 3.63) is 110 Å². The molecule has 246 valence electrons. The molecule has 1 fully saturated rings. The first-order chi connectivity index (χ1) is 21.4. The van der Waals surface area contributed by atoms with Gasteiger partial charge in [0.15, 0.2) is 0 Å². The number of H-pyrrole nitrogens is 1. The Morgan fingerprint density at radius 3 is 1.91 bits per heavy atom. The summed E-state index contributed by atoms with van der Waals surface area (Å²) in [5, 5.41) is 13.3. The second-order valence-corrected chi connectivity index (χ2v) is 13.3. The second kappa shape index (κ2) is 22.7. The Bertz CT molecular complexity index is 1750. The molecule has 4 aromatic heterocycles.